The second-order valence-electron chi connectivity index (χ2n) is 16.0. The van der Waals surface area contributed by atoms with Gasteiger partial charge in [-0.15, -0.1) is 0 Å². The second kappa shape index (κ2) is 15.3. The van der Waals surface area contributed by atoms with Crippen molar-refractivity contribution in [3.63, 3.8) is 0 Å². The minimum Gasteiger partial charge on any atom is -0.454 e. The number of para-hydroxylation sites is 4. The van der Waals surface area contributed by atoms with Crippen molar-refractivity contribution in [3.8, 4) is 50.2 Å². The molecule has 0 atom stereocenters. The standard InChI is InChI=1S/C60H40N2O/c1-4-20-41(21-5-1)46-28-10-11-30-50(46)58-47(42-22-6-2-7-23-42)32-17-36-54(58)62(56-38-19-34-51-49-29-13-15-39-57(49)63-60(51)56)45-27-16-24-43(40-45)48-33-18-37-55-59(48)52-31-12-14-35-53(52)61(55)44-25-8-3-9-26-44/h1-40H. The van der Waals surface area contributed by atoms with E-state index in [-0.39, 0.29) is 0 Å². The highest BCUT2D eigenvalue weighted by molar-refractivity contribution is 6.16. The molecule has 0 aliphatic rings. The molecule has 296 valence electrons. The molecule has 12 rings (SSSR count). The fraction of sp³-hybridized carbons (Fsp3) is 0. The highest BCUT2D eigenvalue weighted by Gasteiger charge is 2.26. The van der Waals surface area contributed by atoms with Gasteiger partial charge in [-0.3, -0.25) is 0 Å². The first-order chi connectivity index (χ1) is 31.3. The number of aromatic nitrogens is 1. The Kier molecular flexibility index (Phi) is 8.83. The molecule has 3 heteroatoms. The van der Waals surface area contributed by atoms with Gasteiger partial charge in [0.15, 0.2) is 5.58 Å². The molecule has 63 heavy (non-hydrogen) atoms. The monoisotopic (exact) mass is 804 g/mol. The third-order valence-corrected chi connectivity index (χ3v) is 12.4. The summed E-state index contributed by atoms with van der Waals surface area (Å²) in [5, 5.41) is 4.62. The Morgan fingerprint density at radius 3 is 1.70 bits per heavy atom. The maximum absolute atomic E-state index is 6.88. The largest absolute Gasteiger partial charge is 0.454 e. The molecule has 12 aromatic rings. The normalized spacial score (nSPS) is 11.5. The number of furan rings is 1. The van der Waals surface area contributed by atoms with Gasteiger partial charge >= 0.3 is 0 Å². The zero-order valence-electron chi connectivity index (χ0n) is 34.4. The Balaban J connectivity index is 1.16. The third kappa shape index (κ3) is 6.13. The zero-order valence-corrected chi connectivity index (χ0v) is 34.4. The Hall–Kier alpha value is -8.40. The Morgan fingerprint density at radius 2 is 0.889 bits per heavy atom. The van der Waals surface area contributed by atoms with Gasteiger partial charge < -0.3 is 13.9 Å². The maximum atomic E-state index is 6.88. The van der Waals surface area contributed by atoms with E-state index in [1.165, 1.54) is 32.9 Å². The van der Waals surface area contributed by atoms with E-state index in [9.17, 15) is 0 Å². The van der Waals surface area contributed by atoms with E-state index in [0.717, 1.165) is 78.1 Å². The minimum absolute atomic E-state index is 0.838. The average Bonchev–Trinajstić information content (AvgIpc) is 3.92. The van der Waals surface area contributed by atoms with Crippen LogP contribution in [0.25, 0.3) is 93.9 Å². The van der Waals surface area contributed by atoms with Crippen LogP contribution >= 0.6 is 0 Å². The molecular weight excluding hydrogens is 765 g/mol. The van der Waals surface area contributed by atoms with Crippen molar-refractivity contribution >= 4 is 60.8 Å². The molecule has 0 fully saturated rings. The summed E-state index contributed by atoms with van der Waals surface area (Å²) in [6, 6.07) is 87.1. The average molecular weight is 805 g/mol. The quantitative estimate of drug-likeness (QED) is 0.153. The predicted molar refractivity (Wildman–Crippen MR) is 264 cm³/mol. The van der Waals surface area contributed by atoms with Crippen molar-refractivity contribution in [3.05, 3.63) is 243 Å². The Morgan fingerprint density at radius 1 is 0.349 bits per heavy atom. The van der Waals surface area contributed by atoms with Gasteiger partial charge in [0.05, 0.1) is 22.4 Å². The summed E-state index contributed by atoms with van der Waals surface area (Å²) in [5.74, 6) is 0. The van der Waals surface area contributed by atoms with E-state index in [1.54, 1.807) is 0 Å². The van der Waals surface area contributed by atoms with E-state index in [2.05, 4.69) is 246 Å². The molecule has 0 saturated carbocycles. The number of anilines is 3. The first-order valence-corrected chi connectivity index (χ1v) is 21.5. The summed E-state index contributed by atoms with van der Waals surface area (Å²) in [5.41, 5.74) is 17.4. The van der Waals surface area contributed by atoms with Gasteiger partial charge in [-0.1, -0.05) is 188 Å². The maximum Gasteiger partial charge on any atom is 0.159 e. The second-order valence-corrected chi connectivity index (χ2v) is 16.0. The third-order valence-electron chi connectivity index (χ3n) is 12.4. The summed E-state index contributed by atoms with van der Waals surface area (Å²) in [6.07, 6.45) is 0. The lowest BCUT2D eigenvalue weighted by Crippen LogP contribution is -2.12. The van der Waals surface area contributed by atoms with Crippen LogP contribution in [0.5, 0.6) is 0 Å². The van der Waals surface area contributed by atoms with Gasteiger partial charge in [-0.05, 0) is 93.5 Å². The molecular formula is C60H40N2O. The molecule has 0 saturated heterocycles. The molecule has 2 heterocycles. The van der Waals surface area contributed by atoms with Crippen LogP contribution in [0.15, 0.2) is 247 Å². The van der Waals surface area contributed by atoms with Gasteiger partial charge in [0, 0.05) is 38.5 Å². The summed E-state index contributed by atoms with van der Waals surface area (Å²) in [7, 11) is 0. The smallest absolute Gasteiger partial charge is 0.159 e. The van der Waals surface area contributed by atoms with Crippen LogP contribution in [-0.4, -0.2) is 4.57 Å². The van der Waals surface area contributed by atoms with Crippen LogP contribution in [-0.2, 0) is 0 Å². The number of hydrogen-bond donors (Lipinski definition) is 0. The Bertz CT molecular complexity index is 3620. The van der Waals surface area contributed by atoms with Gasteiger partial charge in [-0.25, -0.2) is 0 Å². The van der Waals surface area contributed by atoms with Crippen molar-refractivity contribution in [1.29, 1.82) is 0 Å². The van der Waals surface area contributed by atoms with Crippen LogP contribution in [0, 0.1) is 0 Å². The lowest BCUT2D eigenvalue weighted by Gasteiger charge is -2.30. The van der Waals surface area contributed by atoms with E-state index in [0.29, 0.717) is 0 Å². The molecule has 0 unspecified atom stereocenters. The van der Waals surface area contributed by atoms with Gasteiger partial charge in [0.1, 0.15) is 5.58 Å². The molecule has 0 amide bonds. The van der Waals surface area contributed by atoms with Gasteiger partial charge in [0.25, 0.3) is 0 Å². The van der Waals surface area contributed by atoms with Crippen molar-refractivity contribution in [1.82, 2.24) is 4.57 Å². The lowest BCUT2D eigenvalue weighted by atomic mass is 9.87. The van der Waals surface area contributed by atoms with Crippen molar-refractivity contribution in [2.24, 2.45) is 0 Å². The minimum atomic E-state index is 0.838. The summed E-state index contributed by atoms with van der Waals surface area (Å²) < 4.78 is 9.27. The Labute approximate surface area is 366 Å². The van der Waals surface area contributed by atoms with Crippen LogP contribution in [0.1, 0.15) is 0 Å². The molecule has 0 bridgehead atoms. The molecule has 0 spiro atoms. The first-order valence-electron chi connectivity index (χ1n) is 21.5. The van der Waals surface area contributed by atoms with Crippen molar-refractivity contribution < 1.29 is 4.42 Å². The molecule has 0 aliphatic heterocycles. The molecule has 0 radical (unpaired) electrons. The van der Waals surface area contributed by atoms with Gasteiger partial charge in [-0.2, -0.15) is 0 Å². The highest BCUT2D eigenvalue weighted by atomic mass is 16.3. The molecule has 10 aromatic carbocycles. The molecule has 0 N–H and O–H groups in total. The van der Waals surface area contributed by atoms with E-state index >= 15 is 0 Å². The van der Waals surface area contributed by atoms with E-state index in [4.69, 9.17) is 4.42 Å². The van der Waals surface area contributed by atoms with Crippen LogP contribution in [0.2, 0.25) is 0 Å². The summed E-state index contributed by atoms with van der Waals surface area (Å²) >= 11 is 0. The molecule has 3 nitrogen and oxygen atoms in total. The van der Waals surface area contributed by atoms with Gasteiger partial charge in [0.2, 0.25) is 0 Å². The fourth-order valence-electron chi connectivity index (χ4n) is 9.68. The van der Waals surface area contributed by atoms with E-state index in [1.807, 2.05) is 6.07 Å². The predicted octanol–water partition coefficient (Wildman–Crippen LogP) is 16.8. The number of fused-ring (bicyclic) bond motifs is 6. The molecule has 2 aromatic heterocycles. The summed E-state index contributed by atoms with van der Waals surface area (Å²) in [4.78, 5) is 2.42. The van der Waals surface area contributed by atoms with Crippen LogP contribution < -0.4 is 4.90 Å². The van der Waals surface area contributed by atoms with Crippen LogP contribution in [0.4, 0.5) is 17.1 Å². The molecule has 0 aliphatic carbocycles. The number of hydrogen-bond acceptors (Lipinski definition) is 2. The highest BCUT2D eigenvalue weighted by Crippen LogP contribution is 2.50. The lowest BCUT2D eigenvalue weighted by molar-refractivity contribution is 0.669. The van der Waals surface area contributed by atoms with Crippen LogP contribution in [0.3, 0.4) is 0 Å². The summed E-state index contributed by atoms with van der Waals surface area (Å²) in [6.45, 7) is 0. The number of nitrogens with zero attached hydrogens (tertiary/aromatic N) is 2. The SMILES string of the molecule is c1ccc(-c2ccccc2-c2c(-c3ccccc3)cccc2N(c2cccc(-c3cccc4c3c3ccccc3n4-c3ccccc3)c2)c2cccc3c2oc2ccccc23)cc1. The van der Waals surface area contributed by atoms with E-state index < -0.39 is 0 Å². The topological polar surface area (TPSA) is 21.3 Å². The first kappa shape index (κ1) is 36.5. The van der Waals surface area contributed by atoms with Crippen molar-refractivity contribution in [2.45, 2.75) is 0 Å². The van der Waals surface area contributed by atoms with Crippen molar-refractivity contribution in [2.75, 3.05) is 4.90 Å². The number of rotatable bonds is 8. The number of benzene rings is 10. The fourth-order valence-corrected chi connectivity index (χ4v) is 9.68. The zero-order chi connectivity index (χ0) is 41.7.